The average molecular weight is 208 g/mol. The Kier molecular flexibility index (Phi) is 2.46. The van der Waals surface area contributed by atoms with Crippen molar-refractivity contribution in [2.45, 2.75) is 32.4 Å². The molecule has 4 nitrogen and oxygen atoms in total. The van der Waals surface area contributed by atoms with Crippen molar-refractivity contribution in [1.29, 1.82) is 0 Å². The van der Waals surface area contributed by atoms with E-state index < -0.39 is 0 Å². The van der Waals surface area contributed by atoms with E-state index in [9.17, 15) is 0 Å². The summed E-state index contributed by atoms with van der Waals surface area (Å²) < 4.78 is 10.8. The Bertz CT molecular complexity index is 342. The molecule has 2 aliphatic heterocycles. The fourth-order valence-electron chi connectivity index (χ4n) is 2.40. The third kappa shape index (κ3) is 1.79. The van der Waals surface area contributed by atoms with Crippen molar-refractivity contribution in [2.24, 2.45) is 5.92 Å². The van der Waals surface area contributed by atoms with Crippen LogP contribution in [0, 0.1) is 5.92 Å². The maximum absolute atomic E-state index is 5.41. The fourth-order valence-corrected chi connectivity index (χ4v) is 2.40. The van der Waals surface area contributed by atoms with Gasteiger partial charge >= 0.3 is 0 Å². The molecular weight excluding hydrogens is 192 g/mol. The minimum absolute atomic E-state index is 0.719. The molecule has 0 atom stereocenters. The number of nitrogens with zero attached hydrogens (tertiary/aromatic N) is 1. The van der Waals surface area contributed by atoms with Crippen molar-refractivity contribution in [3.05, 3.63) is 17.0 Å². The second-order valence-corrected chi connectivity index (χ2v) is 4.39. The van der Waals surface area contributed by atoms with Gasteiger partial charge < -0.3 is 14.6 Å². The Balaban J connectivity index is 1.70. The Morgan fingerprint density at radius 1 is 1.27 bits per heavy atom. The first kappa shape index (κ1) is 9.36. The topological polar surface area (TPSA) is 47.3 Å². The van der Waals surface area contributed by atoms with Crippen LogP contribution in [0.2, 0.25) is 0 Å². The largest absolute Gasteiger partial charge is 0.381 e. The maximum atomic E-state index is 5.41. The highest BCUT2D eigenvalue weighted by atomic mass is 16.5. The summed E-state index contributed by atoms with van der Waals surface area (Å²) in [5.74, 6) is 1.82. The molecule has 82 valence electrons. The first-order chi connectivity index (χ1) is 7.43. The Hall–Kier alpha value is -0.870. The fraction of sp³-hybridized carbons (Fsp3) is 0.727. The predicted octanol–water partition coefficient (Wildman–Crippen LogP) is 1.25. The zero-order valence-electron chi connectivity index (χ0n) is 8.79. The summed E-state index contributed by atoms with van der Waals surface area (Å²) in [4.78, 5) is 0. The van der Waals surface area contributed by atoms with Crippen LogP contribution in [0.25, 0.3) is 0 Å². The zero-order chi connectivity index (χ0) is 10.1. The molecule has 0 aromatic carbocycles. The van der Waals surface area contributed by atoms with E-state index in [-0.39, 0.29) is 0 Å². The van der Waals surface area contributed by atoms with E-state index in [1.165, 1.54) is 5.56 Å². The highest BCUT2D eigenvalue weighted by Crippen LogP contribution is 2.25. The number of fused-ring (bicyclic) bond motifs is 1. The van der Waals surface area contributed by atoms with Crippen LogP contribution in [0.3, 0.4) is 0 Å². The van der Waals surface area contributed by atoms with Crippen molar-refractivity contribution >= 4 is 0 Å². The molecule has 4 heteroatoms. The third-order valence-electron chi connectivity index (χ3n) is 3.36. The van der Waals surface area contributed by atoms with Crippen LogP contribution in [0.15, 0.2) is 4.52 Å². The molecule has 0 amide bonds. The number of ether oxygens (including phenoxy) is 1. The summed E-state index contributed by atoms with van der Waals surface area (Å²) in [7, 11) is 0. The van der Waals surface area contributed by atoms with Crippen molar-refractivity contribution in [2.75, 3.05) is 13.2 Å². The van der Waals surface area contributed by atoms with Gasteiger partial charge in [0.15, 0.2) is 0 Å². The molecule has 0 aliphatic carbocycles. The van der Waals surface area contributed by atoms with Crippen LogP contribution < -0.4 is 5.32 Å². The molecule has 3 rings (SSSR count). The van der Waals surface area contributed by atoms with Gasteiger partial charge in [-0.25, -0.2) is 0 Å². The second-order valence-electron chi connectivity index (χ2n) is 4.39. The lowest BCUT2D eigenvalue weighted by molar-refractivity contribution is 0.0644. The monoisotopic (exact) mass is 208 g/mol. The van der Waals surface area contributed by atoms with E-state index in [2.05, 4.69) is 10.5 Å². The Morgan fingerprint density at radius 2 is 2.13 bits per heavy atom. The van der Waals surface area contributed by atoms with Gasteiger partial charge in [0.05, 0.1) is 0 Å². The van der Waals surface area contributed by atoms with Crippen LogP contribution in [0.5, 0.6) is 0 Å². The molecule has 0 saturated carbocycles. The molecule has 0 bridgehead atoms. The van der Waals surface area contributed by atoms with Gasteiger partial charge in [-0.1, -0.05) is 5.16 Å². The number of hydrogen-bond donors (Lipinski definition) is 1. The minimum Gasteiger partial charge on any atom is -0.381 e. The number of rotatable bonds is 2. The number of nitrogens with one attached hydrogen (secondary N) is 1. The molecule has 3 heterocycles. The summed E-state index contributed by atoms with van der Waals surface area (Å²) in [5, 5.41) is 7.39. The van der Waals surface area contributed by atoms with Crippen LogP contribution in [0.1, 0.15) is 29.9 Å². The van der Waals surface area contributed by atoms with Crippen molar-refractivity contribution in [3.8, 4) is 0 Å². The highest BCUT2D eigenvalue weighted by Gasteiger charge is 2.23. The predicted molar refractivity (Wildman–Crippen MR) is 54.3 cm³/mol. The second kappa shape index (κ2) is 3.94. The lowest BCUT2D eigenvalue weighted by atomic mass is 9.94. The normalized spacial score (nSPS) is 21.9. The molecule has 1 aromatic rings. The molecule has 1 fully saturated rings. The maximum Gasteiger partial charge on any atom is 0.141 e. The smallest absolute Gasteiger partial charge is 0.141 e. The molecule has 0 spiro atoms. The zero-order valence-corrected chi connectivity index (χ0v) is 8.79. The van der Waals surface area contributed by atoms with Gasteiger partial charge in [-0.05, 0) is 18.8 Å². The molecule has 15 heavy (non-hydrogen) atoms. The molecule has 1 saturated heterocycles. The highest BCUT2D eigenvalue weighted by molar-refractivity contribution is 5.26. The van der Waals surface area contributed by atoms with E-state index in [0.717, 1.165) is 62.9 Å². The number of hydrogen-bond acceptors (Lipinski definition) is 4. The Labute approximate surface area is 89.0 Å². The van der Waals surface area contributed by atoms with E-state index in [4.69, 9.17) is 9.26 Å². The average Bonchev–Trinajstić information content (AvgIpc) is 2.85. The van der Waals surface area contributed by atoms with E-state index in [1.807, 2.05) is 0 Å². The van der Waals surface area contributed by atoms with Crippen molar-refractivity contribution in [1.82, 2.24) is 10.5 Å². The van der Waals surface area contributed by atoms with Crippen LogP contribution >= 0.6 is 0 Å². The molecule has 1 aromatic heterocycles. The molecule has 2 aliphatic rings. The quantitative estimate of drug-likeness (QED) is 0.794. The van der Waals surface area contributed by atoms with Gasteiger partial charge in [0.2, 0.25) is 0 Å². The van der Waals surface area contributed by atoms with Gasteiger partial charge in [0, 0.05) is 38.3 Å². The number of aromatic nitrogens is 1. The van der Waals surface area contributed by atoms with Gasteiger partial charge in [0.1, 0.15) is 11.5 Å². The standard InChI is InChI=1S/C11H16N2O2/c1-3-14-4-2-8(1)5-11-9-6-12-7-10(9)13-15-11/h8,12H,1-7H2. The van der Waals surface area contributed by atoms with E-state index in [1.54, 1.807) is 0 Å². The molecule has 1 N–H and O–H groups in total. The summed E-state index contributed by atoms with van der Waals surface area (Å²) in [5.41, 5.74) is 2.42. The van der Waals surface area contributed by atoms with Crippen molar-refractivity contribution < 1.29 is 9.26 Å². The summed E-state index contributed by atoms with van der Waals surface area (Å²) in [6, 6.07) is 0. The van der Waals surface area contributed by atoms with Crippen LogP contribution in [-0.2, 0) is 24.2 Å². The first-order valence-corrected chi connectivity index (χ1v) is 5.68. The van der Waals surface area contributed by atoms with Crippen LogP contribution in [-0.4, -0.2) is 18.4 Å². The molecular formula is C11H16N2O2. The SMILES string of the molecule is C1CC(Cc2onc3c2CNC3)CCO1. The molecule has 0 unspecified atom stereocenters. The third-order valence-corrected chi connectivity index (χ3v) is 3.36. The molecule has 0 radical (unpaired) electrons. The van der Waals surface area contributed by atoms with Crippen LogP contribution in [0.4, 0.5) is 0 Å². The summed E-state index contributed by atoms with van der Waals surface area (Å²) >= 11 is 0. The van der Waals surface area contributed by atoms with Crippen molar-refractivity contribution in [3.63, 3.8) is 0 Å². The van der Waals surface area contributed by atoms with E-state index >= 15 is 0 Å². The summed E-state index contributed by atoms with van der Waals surface area (Å²) in [6.07, 6.45) is 3.35. The lowest BCUT2D eigenvalue weighted by Crippen LogP contribution is -2.17. The van der Waals surface area contributed by atoms with Gasteiger partial charge in [-0.15, -0.1) is 0 Å². The van der Waals surface area contributed by atoms with Gasteiger partial charge in [-0.3, -0.25) is 0 Å². The first-order valence-electron chi connectivity index (χ1n) is 5.68. The van der Waals surface area contributed by atoms with Gasteiger partial charge in [0.25, 0.3) is 0 Å². The van der Waals surface area contributed by atoms with Gasteiger partial charge in [-0.2, -0.15) is 0 Å². The lowest BCUT2D eigenvalue weighted by Gasteiger charge is -2.20. The minimum atomic E-state index is 0.719. The van der Waals surface area contributed by atoms with E-state index in [0.29, 0.717) is 0 Å². The summed E-state index contributed by atoms with van der Waals surface area (Å²) in [6.45, 7) is 3.60. The Morgan fingerprint density at radius 3 is 3.00 bits per heavy atom.